The summed E-state index contributed by atoms with van der Waals surface area (Å²) >= 11 is 12.1. The summed E-state index contributed by atoms with van der Waals surface area (Å²) in [5.74, 6) is 6.41. The number of nitrogen functional groups attached to an aromatic ring is 1. The second kappa shape index (κ2) is 4.88. The van der Waals surface area contributed by atoms with E-state index in [1.54, 1.807) is 6.07 Å². The van der Waals surface area contributed by atoms with Crippen molar-refractivity contribution in [3.8, 4) is 0 Å². The lowest BCUT2D eigenvalue weighted by molar-refractivity contribution is 0.531. The van der Waals surface area contributed by atoms with Gasteiger partial charge in [0, 0.05) is 5.54 Å². The van der Waals surface area contributed by atoms with E-state index in [4.69, 9.17) is 29.0 Å². The first-order valence-corrected chi connectivity index (χ1v) is 6.40. The minimum atomic E-state index is 0.0658. The summed E-state index contributed by atoms with van der Waals surface area (Å²) in [7, 11) is 0. The van der Waals surface area contributed by atoms with Crippen molar-refractivity contribution in [3.05, 3.63) is 16.1 Å². The van der Waals surface area contributed by atoms with E-state index in [0.717, 1.165) is 12.8 Å². The number of hydrogen-bond acceptors (Lipinski definition) is 4. The van der Waals surface area contributed by atoms with Gasteiger partial charge < -0.3 is 10.7 Å². The molecule has 2 rings (SSSR count). The van der Waals surface area contributed by atoms with Crippen LogP contribution in [0.5, 0.6) is 0 Å². The van der Waals surface area contributed by atoms with Crippen molar-refractivity contribution in [1.82, 2.24) is 4.98 Å². The van der Waals surface area contributed by atoms with Gasteiger partial charge in [-0.05, 0) is 25.8 Å². The fourth-order valence-electron chi connectivity index (χ4n) is 2.22. The molecule has 0 atom stereocenters. The third-order valence-corrected chi connectivity index (χ3v) is 3.77. The number of pyridine rings is 1. The SMILES string of the molecule is CC1(Nc2nc(NN)c(Cl)cc2Cl)CCCC1. The molecule has 0 unspecified atom stereocenters. The van der Waals surface area contributed by atoms with Crippen LogP contribution in [0.3, 0.4) is 0 Å². The molecule has 0 saturated heterocycles. The number of anilines is 2. The van der Waals surface area contributed by atoms with Gasteiger partial charge in [0.25, 0.3) is 0 Å². The Bertz CT molecular complexity index is 416. The molecule has 1 aliphatic rings. The van der Waals surface area contributed by atoms with Crippen LogP contribution in [0, 0.1) is 0 Å². The third kappa shape index (κ3) is 2.76. The van der Waals surface area contributed by atoms with E-state index in [0.29, 0.717) is 21.7 Å². The Morgan fingerprint density at radius 3 is 2.41 bits per heavy atom. The highest BCUT2D eigenvalue weighted by Crippen LogP contribution is 2.36. The predicted octanol–water partition coefficient (Wildman–Crippen LogP) is 3.42. The number of nitrogens with zero attached hydrogens (tertiary/aromatic N) is 1. The summed E-state index contributed by atoms with van der Waals surface area (Å²) in [6.45, 7) is 2.18. The third-order valence-electron chi connectivity index (χ3n) is 3.19. The predicted molar refractivity (Wildman–Crippen MR) is 72.6 cm³/mol. The number of nitrogens with two attached hydrogens (primary N) is 1. The largest absolute Gasteiger partial charge is 0.364 e. The summed E-state index contributed by atoms with van der Waals surface area (Å²) in [6, 6.07) is 1.64. The first kappa shape index (κ1) is 12.7. The molecule has 1 aliphatic carbocycles. The molecular weight excluding hydrogens is 259 g/mol. The number of hydrazine groups is 1. The molecule has 1 fully saturated rings. The van der Waals surface area contributed by atoms with Gasteiger partial charge in [0.15, 0.2) is 5.82 Å². The minimum absolute atomic E-state index is 0.0658. The van der Waals surface area contributed by atoms with Crippen LogP contribution < -0.4 is 16.6 Å². The van der Waals surface area contributed by atoms with Crippen molar-refractivity contribution in [2.45, 2.75) is 38.1 Å². The molecule has 1 aromatic rings. The standard InChI is InChI=1S/C11H16Cl2N4/c1-11(4-2-3-5-11)16-9-7(12)6-8(13)10(15-9)17-14/h6H,2-5,14H2,1H3,(H2,15,16,17). The van der Waals surface area contributed by atoms with Gasteiger partial charge in [-0.2, -0.15) is 0 Å². The molecule has 1 heterocycles. The number of nitrogens with one attached hydrogen (secondary N) is 2. The summed E-state index contributed by atoms with van der Waals surface area (Å²) in [5, 5.41) is 4.32. The zero-order valence-electron chi connectivity index (χ0n) is 9.69. The maximum atomic E-state index is 6.12. The lowest BCUT2D eigenvalue weighted by Gasteiger charge is -2.26. The van der Waals surface area contributed by atoms with Crippen molar-refractivity contribution < 1.29 is 0 Å². The monoisotopic (exact) mass is 274 g/mol. The summed E-state index contributed by atoms with van der Waals surface area (Å²) in [5.41, 5.74) is 2.52. The Morgan fingerprint density at radius 2 is 1.82 bits per heavy atom. The summed E-state index contributed by atoms with van der Waals surface area (Å²) in [4.78, 5) is 4.29. The summed E-state index contributed by atoms with van der Waals surface area (Å²) < 4.78 is 0. The topological polar surface area (TPSA) is 63.0 Å². The molecule has 0 aliphatic heterocycles. The van der Waals surface area contributed by atoms with Crippen molar-refractivity contribution in [3.63, 3.8) is 0 Å². The van der Waals surface area contributed by atoms with Crippen LogP contribution in [-0.4, -0.2) is 10.5 Å². The van der Waals surface area contributed by atoms with Crippen LogP contribution in [0.1, 0.15) is 32.6 Å². The molecule has 17 heavy (non-hydrogen) atoms. The molecule has 4 N–H and O–H groups in total. The number of hydrogen-bond donors (Lipinski definition) is 3. The van der Waals surface area contributed by atoms with E-state index >= 15 is 0 Å². The fourth-order valence-corrected chi connectivity index (χ4v) is 2.68. The first-order chi connectivity index (χ1) is 8.04. The Hall–Kier alpha value is -0.710. The smallest absolute Gasteiger partial charge is 0.161 e. The molecular formula is C11H16Cl2N4. The first-order valence-electron chi connectivity index (χ1n) is 5.65. The normalized spacial score (nSPS) is 18.1. The van der Waals surface area contributed by atoms with E-state index in [1.807, 2.05) is 0 Å². The maximum Gasteiger partial charge on any atom is 0.161 e. The van der Waals surface area contributed by atoms with Crippen LogP contribution >= 0.6 is 23.2 Å². The highest BCUT2D eigenvalue weighted by Gasteiger charge is 2.29. The Labute approximate surface area is 111 Å². The highest BCUT2D eigenvalue weighted by molar-refractivity contribution is 6.37. The number of aromatic nitrogens is 1. The maximum absolute atomic E-state index is 6.12. The van der Waals surface area contributed by atoms with E-state index in [1.165, 1.54) is 12.8 Å². The number of halogens is 2. The van der Waals surface area contributed by atoms with Gasteiger partial charge in [-0.15, -0.1) is 0 Å². The van der Waals surface area contributed by atoms with Crippen LogP contribution in [0.15, 0.2) is 6.07 Å². The Balaban J connectivity index is 2.26. The van der Waals surface area contributed by atoms with Crippen molar-refractivity contribution in [1.29, 1.82) is 0 Å². The molecule has 0 bridgehead atoms. The van der Waals surface area contributed by atoms with Crippen LogP contribution in [0.2, 0.25) is 10.0 Å². The molecule has 4 nitrogen and oxygen atoms in total. The fraction of sp³-hybridized carbons (Fsp3) is 0.545. The molecule has 0 aromatic carbocycles. The van der Waals surface area contributed by atoms with Gasteiger partial charge in [-0.1, -0.05) is 36.0 Å². The Morgan fingerprint density at radius 1 is 1.24 bits per heavy atom. The van der Waals surface area contributed by atoms with Crippen LogP contribution in [0.25, 0.3) is 0 Å². The van der Waals surface area contributed by atoms with Crippen LogP contribution in [-0.2, 0) is 0 Å². The van der Waals surface area contributed by atoms with Gasteiger partial charge in [0.05, 0.1) is 10.0 Å². The molecule has 0 spiro atoms. The van der Waals surface area contributed by atoms with Crippen molar-refractivity contribution >= 4 is 34.8 Å². The molecule has 0 amide bonds. The minimum Gasteiger partial charge on any atom is -0.364 e. The van der Waals surface area contributed by atoms with Crippen molar-refractivity contribution in [2.24, 2.45) is 5.84 Å². The summed E-state index contributed by atoms with van der Waals surface area (Å²) in [6.07, 6.45) is 4.71. The quantitative estimate of drug-likeness (QED) is 0.584. The molecule has 1 saturated carbocycles. The zero-order valence-corrected chi connectivity index (χ0v) is 11.2. The van der Waals surface area contributed by atoms with E-state index < -0.39 is 0 Å². The molecule has 0 radical (unpaired) electrons. The molecule has 6 heteroatoms. The average Bonchev–Trinajstić information content (AvgIpc) is 2.69. The van der Waals surface area contributed by atoms with Crippen molar-refractivity contribution in [2.75, 3.05) is 10.7 Å². The van der Waals surface area contributed by atoms with Gasteiger partial charge >= 0.3 is 0 Å². The zero-order chi connectivity index (χ0) is 12.5. The van der Waals surface area contributed by atoms with E-state index in [2.05, 4.69) is 22.7 Å². The lowest BCUT2D eigenvalue weighted by Crippen LogP contribution is -2.31. The Kier molecular flexibility index (Phi) is 3.66. The van der Waals surface area contributed by atoms with Crippen LogP contribution in [0.4, 0.5) is 11.6 Å². The second-order valence-corrected chi connectivity index (χ2v) is 5.50. The molecule has 1 aromatic heterocycles. The average molecular weight is 275 g/mol. The molecule has 94 valence electrons. The second-order valence-electron chi connectivity index (χ2n) is 4.69. The van der Waals surface area contributed by atoms with Gasteiger partial charge in [-0.3, -0.25) is 0 Å². The van der Waals surface area contributed by atoms with Gasteiger partial charge in [0.1, 0.15) is 5.82 Å². The van der Waals surface area contributed by atoms with Gasteiger partial charge in [0.2, 0.25) is 0 Å². The lowest BCUT2D eigenvalue weighted by atomic mass is 10.0. The van der Waals surface area contributed by atoms with E-state index in [-0.39, 0.29) is 5.54 Å². The number of rotatable bonds is 3. The van der Waals surface area contributed by atoms with E-state index in [9.17, 15) is 0 Å². The van der Waals surface area contributed by atoms with Gasteiger partial charge in [-0.25, -0.2) is 10.8 Å². The highest BCUT2D eigenvalue weighted by atomic mass is 35.5.